The first-order valence-corrected chi connectivity index (χ1v) is 9.47. The first-order chi connectivity index (χ1) is 13.5. The Morgan fingerprint density at radius 1 is 1.07 bits per heavy atom. The van der Waals surface area contributed by atoms with Gasteiger partial charge in [0, 0.05) is 6.54 Å². The molecule has 0 bridgehead atoms. The number of nitrogens with one attached hydrogen (secondary N) is 1. The van der Waals surface area contributed by atoms with Gasteiger partial charge in [0.05, 0.1) is 21.3 Å². The van der Waals surface area contributed by atoms with Crippen molar-refractivity contribution in [1.82, 2.24) is 5.32 Å². The summed E-state index contributed by atoms with van der Waals surface area (Å²) in [6.07, 6.45) is 6.82. The first kappa shape index (κ1) is 21.6. The van der Waals surface area contributed by atoms with E-state index in [4.69, 9.17) is 18.9 Å². The number of benzene rings is 1. The van der Waals surface area contributed by atoms with Crippen LogP contribution in [-0.2, 0) is 9.53 Å². The molecular weight excluding hydrogens is 362 g/mol. The lowest BCUT2D eigenvalue weighted by atomic mass is 9.97. The fraction of sp³-hybridized carbons (Fsp3) is 0.524. The predicted molar refractivity (Wildman–Crippen MR) is 105 cm³/mol. The van der Waals surface area contributed by atoms with Crippen LogP contribution in [0.3, 0.4) is 0 Å². The number of amides is 1. The highest BCUT2D eigenvalue weighted by Gasteiger charge is 2.25. The van der Waals surface area contributed by atoms with Gasteiger partial charge in [-0.25, -0.2) is 4.79 Å². The molecule has 0 saturated heterocycles. The van der Waals surface area contributed by atoms with Crippen molar-refractivity contribution in [3.63, 3.8) is 0 Å². The minimum atomic E-state index is -0.925. The zero-order chi connectivity index (χ0) is 20.5. The summed E-state index contributed by atoms with van der Waals surface area (Å²) >= 11 is 0. The molecule has 1 aromatic rings. The second kappa shape index (κ2) is 10.6. The Bertz CT molecular complexity index is 728. The number of esters is 1. The summed E-state index contributed by atoms with van der Waals surface area (Å²) in [5, 5.41) is 2.82. The lowest BCUT2D eigenvalue weighted by molar-refractivity contribution is -0.129. The molecule has 2 rings (SSSR count). The number of carbonyl (C=O) groups is 2. The number of allylic oxidation sites excluding steroid dienone is 1. The molecule has 0 fully saturated rings. The van der Waals surface area contributed by atoms with E-state index in [9.17, 15) is 9.59 Å². The fourth-order valence-corrected chi connectivity index (χ4v) is 3.16. The Kier molecular flexibility index (Phi) is 8.17. The lowest BCUT2D eigenvalue weighted by Crippen LogP contribution is -2.36. The molecule has 0 heterocycles. The summed E-state index contributed by atoms with van der Waals surface area (Å²) in [5.41, 5.74) is 1.54. The Labute approximate surface area is 166 Å². The summed E-state index contributed by atoms with van der Waals surface area (Å²) in [5.74, 6) is -0.0839. The molecule has 7 nitrogen and oxygen atoms in total. The van der Waals surface area contributed by atoms with Crippen LogP contribution in [0.5, 0.6) is 17.2 Å². The highest BCUT2D eigenvalue weighted by Crippen LogP contribution is 2.40. The smallest absolute Gasteiger partial charge is 0.342 e. The van der Waals surface area contributed by atoms with Crippen LogP contribution in [-0.4, -0.2) is 45.9 Å². The second-order valence-electron chi connectivity index (χ2n) is 6.58. The van der Waals surface area contributed by atoms with Crippen LogP contribution in [0.25, 0.3) is 0 Å². The summed E-state index contributed by atoms with van der Waals surface area (Å²) in [4.78, 5) is 24.8. The molecule has 1 amide bonds. The van der Waals surface area contributed by atoms with Gasteiger partial charge in [0.2, 0.25) is 5.75 Å². The van der Waals surface area contributed by atoms with E-state index < -0.39 is 12.1 Å². The minimum Gasteiger partial charge on any atom is -0.493 e. The SMILES string of the molecule is COc1ccc(C(=O)O[C@@H](C)C(=O)NCCC2=CCCCC2)c(OC)c1OC. The zero-order valence-electron chi connectivity index (χ0n) is 17.0. The van der Waals surface area contributed by atoms with Crippen LogP contribution in [0, 0.1) is 0 Å². The van der Waals surface area contributed by atoms with Crippen molar-refractivity contribution in [2.24, 2.45) is 0 Å². The molecule has 1 atom stereocenters. The standard InChI is InChI=1S/C21H29NO6/c1-14(20(23)22-13-12-15-8-6-5-7-9-15)28-21(24)16-10-11-17(25-2)19(27-4)18(16)26-3/h8,10-11,14H,5-7,9,12-13H2,1-4H3,(H,22,23)/t14-/m0/s1. The molecule has 0 radical (unpaired) electrons. The highest BCUT2D eigenvalue weighted by atomic mass is 16.6. The molecule has 0 aliphatic heterocycles. The van der Waals surface area contributed by atoms with Crippen molar-refractivity contribution >= 4 is 11.9 Å². The second-order valence-corrected chi connectivity index (χ2v) is 6.58. The van der Waals surface area contributed by atoms with Gasteiger partial charge < -0.3 is 24.3 Å². The lowest BCUT2D eigenvalue weighted by Gasteiger charge is -2.18. The topological polar surface area (TPSA) is 83.1 Å². The average molecular weight is 391 g/mol. The molecule has 1 N–H and O–H groups in total. The molecular formula is C21H29NO6. The number of hydrogen-bond donors (Lipinski definition) is 1. The van der Waals surface area contributed by atoms with E-state index >= 15 is 0 Å². The van der Waals surface area contributed by atoms with Gasteiger partial charge in [-0.2, -0.15) is 0 Å². The maximum atomic E-state index is 12.5. The molecule has 1 aliphatic rings. The molecule has 1 aromatic carbocycles. The van der Waals surface area contributed by atoms with E-state index in [2.05, 4.69) is 11.4 Å². The van der Waals surface area contributed by atoms with Gasteiger partial charge in [0.1, 0.15) is 5.56 Å². The van der Waals surface area contributed by atoms with Gasteiger partial charge >= 0.3 is 5.97 Å². The first-order valence-electron chi connectivity index (χ1n) is 9.47. The molecule has 0 spiro atoms. The van der Waals surface area contributed by atoms with Crippen molar-refractivity contribution in [1.29, 1.82) is 0 Å². The maximum Gasteiger partial charge on any atom is 0.342 e. The van der Waals surface area contributed by atoms with Crippen LogP contribution >= 0.6 is 0 Å². The van der Waals surface area contributed by atoms with Crippen LogP contribution in [0.2, 0.25) is 0 Å². The van der Waals surface area contributed by atoms with Crippen molar-refractivity contribution in [3.05, 3.63) is 29.3 Å². The Morgan fingerprint density at radius 3 is 2.43 bits per heavy atom. The Balaban J connectivity index is 1.95. The van der Waals surface area contributed by atoms with Crippen molar-refractivity contribution < 1.29 is 28.5 Å². The summed E-state index contributed by atoms with van der Waals surface area (Å²) < 4.78 is 21.1. The minimum absolute atomic E-state index is 0.159. The van der Waals surface area contributed by atoms with Crippen molar-refractivity contribution in [2.45, 2.75) is 45.1 Å². The Morgan fingerprint density at radius 2 is 1.82 bits per heavy atom. The van der Waals surface area contributed by atoms with Crippen LogP contribution in [0.1, 0.15) is 49.4 Å². The van der Waals surface area contributed by atoms with Gasteiger partial charge in [-0.1, -0.05) is 11.6 Å². The maximum absolute atomic E-state index is 12.5. The van der Waals surface area contributed by atoms with E-state index in [0.29, 0.717) is 12.3 Å². The monoisotopic (exact) mass is 391 g/mol. The molecule has 0 unspecified atom stereocenters. The molecule has 7 heteroatoms. The quantitative estimate of drug-likeness (QED) is 0.514. The Hall–Kier alpha value is -2.70. The third-order valence-electron chi connectivity index (χ3n) is 4.71. The largest absolute Gasteiger partial charge is 0.493 e. The number of methoxy groups -OCH3 is 3. The number of hydrogen-bond acceptors (Lipinski definition) is 6. The highest BCUT2D eigenvalue weighted by molar-refractivity contribution is 5.96. The molecule has 0 aromatic heterocycles. The van der Waals surface area contributed by atoms with E-state index in [0.717, 1.165) is 19.3 Å². The third-order valence-corrected chi connectivity index (χ3v) is 4.71. The van der Waals surface area contributed by atoms with E-state index in [-0.39, 0.29) is 23.0 Å². The number of rotatable bonds is 9. The van der Waals surface area contributed by atoms with Crippen LogP contribution in [0.15, 0.2) is 23.8 Å². The van der Waals surface area contributed by atoms with Crippen LogP contribution < -0.4 is 19.5 Å². The van der Waals surface area contributed by atoms with Gasteiger partial charge in [0.15, 0.2) is 17.6 Å². The van der Waals surface area contributed by atoms with E-state index in [1.807, 2.05) is 0 Å². The van der Waals surface area contributed by atoms with Gasteiger partial charge in [-0.15, -0.1) is 0 Å². The van der Waals surface area contributed by atoms with Gasteiger partial charge in [-0.3, -0.25) is 4.79 Å². The zero-order valence-corrected chi connectivity index (χ0v) is 17.0. The number of ether oxygens (including phenoxy) is 4. The average Bonchev–Trinajstić information content (AvgIpc) is 2.72. The van der Waals surface area contributed by atoms with E-state index in [1.54, 1.807) is 13.0 Å². The summed E-state index contributed by atoms with van der Waals surface area (Å²) in [7, 11) is 4.36. The third kappa shape index (κ3) is 5.41. The molecule has 28 heavy (non-hydrogen) atoms. The summed E-state index contributed by atoms with van der Waals surface area (Å²) in [6.45, 7) is 2.08. The normalized spacial score (nSPS) is 14.5. The predicted octanol–water partition coefficient (Wildman–Crippen LogP) is 3.26. The van der Waals surface area contributed by atoms with Gasteiger partial charge in [-0.05, 0) is 51.2 Å². The molecule has 0 saturated carbocycles. The number of carbonyl (C=O) groups excluding carboxylic acids is 2. The van der Waals surface area contributed by atoms with Crippen LogP contribution in [0.4, 0.5) is 0 Å². The van der Waals surface area contributed by atoms with E-state index in [1.165, 1.54) is 45.8 Å². The van der Waals surface area contributed by atoms with Crippen molar-refractivity contribution in [3.8, 4) is 17.2 Å². The molecule has 1 aliphatic carbocycles. The van der Waals surface area contributed by atoms with Gasteiger partial charge in [0.25, 0.3) is 5.91 Å². The van der Waals surface area contributed by atoms with Crippen molar-refractivity contribution in [2.75, 3.05) is 27.9 Å². The molecule has 154 valence electrons. The fourth-order valence-electron chi connectivity index (χ4n) is 3.16. The summed E-state index contributed by atoms with van der Waals surface area (Å²) in [6, 6.07) is 3.10.